The molecule has 0 saturated heterocycles. The highest BCUT2D eigenvalue weighted by molar-refractivity contribution is 7.08. The summed E-state index contributed by atoms with van der Waals surface area (Å²) in [5.41, 5.74) is 0. The summed E-state index contributed by atoms with van der Waals surface area (Å²) >= 11 is 1.52. The van der Waals surface area contributed by atoms with E-state index in [1.807, 2.05) is 35.0 Å². The highest BCUT2D eigenvalue weighted by Crippen LogP contribution is 2.27. The van der Waals surface area contributed by atoms with Crippen LogP contribution < -0.4 is 23.4 Å². The molecule has 0 bridgehead atoms. The fourth-order valence-electron chi connectivity index (χ4n) is 1.29. The van der Waals surface area contributed by atoms with Crippen molar-refractivity contribution in [2.75, 3.05) is 0 Å². The second-order valence-electron chi connectivity index (χ2n) is 3.29. The van der Waals surface area contributed by atoms with E-state index in [4.69, 9.17) is 23.4 Å². The van der Waals surface area contributed by atoms with Gasteiger partial charge in [0.05, 0.1) is 0 Å². The van der Waals surface area contributed by atoms with Crippen molar-refractivity contribution in [1.29, 1.82) is 0 Å². The molecule has 0 aliphatic rings. The summed E-state index contributed by atoms with van der Waals surface area (Å²) in [6, 6.07) is 7.84. The Bertz CT molecular complexity index is 557. The van der Waals surface area contributed by atoms with Gasteiger partial charge in [-0.05, 0) is 6.07 Å². The highest BCUT2D eigenvalue weighted by atomic mass is 35.7. The van der Waals surface area contributed by atoms with Crippen molar-refractivity contribution < 1.29 is 38.4 Å². The molecule has 0 saturated carbocycles. The fourth-order valence-corrected chi connectivity index (χ4v) is 2.01. The molecule has 1 aromatic carbocycles. The summed E-state index contributed by atoms with van der Waals surface area (Å²) in [7, 11) is -4.94. The van der Waals surface area contributed by atoms with Crippen molar-refractivity contribution in [1.82, 2.24) is 0 Å². The molecule has 2 aromatic rings. The molecular weight excluding hydrogens is 296 g/mol. The molecular formula is C11H9ClO6S. The first-order chi connectivity index (χ1) is 8.77. The SMILES string of the molecule is CC(=O)Oc1c[s+]cc2ccccc12.[O-][Cl+3]([O-])([O-])[O-]. The predicted octanol–water partition coefficient (Wildman–Crippen LogP) is -1.65. The maximum absolute atomic E-state index is 10.8. The lowest BCUT2D eigenvalue weighted by molar-refractivity contribution is -2.00. The largest absolute Gasteiger partial charge is 0.421 e. The van der Waals surface area contributed by atoms with Gasteiger partial charge >= 0.3 is 5.97 Å². The predicted molar refractivity (Wildman–Crippen MR) is 57.5 cm³/mol. The van der Waals surface area contributed by atoms with Crippen LogP contribution in [0.2, 0.25) is 0 Å². The molecule has 0 radical (unpaired) electrons. The molecule has 0 aliphatic heterocycles. The van der Waals surface area contributed by atoms with E-state index in [0.717, 1.165) is 10.8 Å². The lowest BCUT2D eigenvalue weighted by Crippen LogP contribution is -2.68. The van der Waals surface area contributed by atoms with Crippen LogP contribution in [0.4, 0.5) is 0 Å². The Morgan fingerprint density at radius 3 is 2.32 bits per heavy atom. The summed E-state index contributed by atoms with van der Waals surface area (Å²) in [6.07, 6.45) is 0. The number of rotatable bonds is 1. The van der Waals surface area contributed by atoms with E-state index in [2.05, 4.69) is 0 Å². The van der Waals surface area contributed by atoms with E-state index in [0.29, 0.717) is 5.75 Å². The molecule has 0 atom stereocenters. The Morgan fingerprint density at radius 1 is 1.16 bits per heavy atom. The Labute approximate surface area is 114 Å². The van der Waals surface area contributed by atoms with Crippen molar-refractivity contribution >= 4 is 28.1 Å². The molecule has 19 heavy (non-hydrogen) atoms. The van der Waals surface area contributed by atoms with Crippen LogP contribution in [0.3, 0.4) is 0 Å². The minimum absolute atomic E-state index is 0.284. The Kier molecular flexibility index (Phi) is 5.55. The average molecular weight is 305 g/mol. The van der Waals surface area contributed by atoms with E-state index in [-0.39, 0.29) is 5.97 Å². The van der Waals surface area contributed by atoms with E-state index in [9.17, 15) is 4.79 Å². The minimum Gasteiger partial charge on any atom is -0.421 e. The van der Waals surface area contributed by atoms with Crippen LogP contribution in [0.25, 0.3) is 10.8 Å². The van der Waals surface area contributed by atoms with Gasteiger partial charge in [0.1, 0.15) is 0 Å². The van der Waals surface area contributed by atoms with Gasteiger partial charge < -0.3 is 4.74 Å². The zero-order valence-electron chi connectivity index (χ0n) is 9.70. The number of hydrogen-bond acceptors (Lipinski definition) is 6. The first kappa shape index (κ1) is 15.7. The number of fused-ring (bicyclic) bond motifs is 1. The van der Waals surface area contributed by atoms with Gasteiger partial charge in [-0.15, -0.1) is 10.2 Å². The second-order valence-corrected chi connectivity index (χ2v) is 4.79. The molecule has 0 unspecified atom stereocenters. The van der Waals surface area contributed by atoms with Crippen molar-refractivity contribution in [3.63, 3.8) is 0 Å². The number of hydrogen-bond donors (Lipinski definition) is 0. The summed E-state index contributed by atoms with van der Waals surface area (Å²) in [5.74, 6) is 0.356. The van der Waals surface area contributed by atoms with Gasteiger partial charge in [0.2, 0.25) is 22.1 Å². The Balaban J connectivity index is 0.000000312. The minimum atomic E-state index is -4.94. The number of benzene rings is 1. The van der Waals surface area contributed by atoms with Crippen molar-refractivity contribution in [2.45, 2.75) is 6.92 Å². The average Bonchev–Trinajstić information content (AvgIpc) is 2.26. The van der Waals surface area contributed by atoms with E-state index >= 15 is 0 Å². The zero-order valence-corrected chi connectivity index (χ0v) is 11.3. The Morgan fingerprint density at radius 2 is 1.74 bits per heavy atom. The first-order valence-corrected chi connectivity index (χ1v) is 7.03. The molecule has 0 amide bonds. The molecule has 6 nitrogen and oxygen atoms in total. The lowest BCUT2D eigenvalue weighted by atomic mass is 10.2. The molecule has 102 valence electrons. The standard InChI is InChI=1S/C11H9O2S.ClHO4/c1-8(12)13-11-7-14-6-9-4-2-3-5-10(9)11;2-1(3,4)5/h2-7H,1H3;(H,2,3,4,5)/q+1;/p-1. The summed E-state index contributed by atoms with van der Waals surface area (Å²) in [4.78, 5) is 10.8. The van der Waals surface area contributed by atoms with Crippen molar-refractivity contribution in [2.24, 2.45) is 0 Å². The third-order valence-electron chi connectivity index (χ3n) is 1.85. The number of ether oxygens (including phenoxy) is 1. The maximum Gasteiger partial charge on any atom is 0.308 e. The van der Waals surface area contributed by atoms with E-state index in [1.165, 1.54) is 18.3 Å². The molecule has 2 rings (SSSR count). The maximum atomic E-state index is 10.8. The van der Waals surface area contributed by atoms with Crippen LogP contribution in [0.15, 0.2) is 35.0 Å². The molecule has 8 heteroatoms. The monoisotopic (exact) mass is 304 g/mol. The van der Waals surface area contributed by atoms with Crippen LogP contribution in [-0.4, -0.2) is 5.97 Å². The number of carbonyl (C=O) groups excluding carboxylic acids is 1. The first-order valence-electron chi connectivity index (χ1n) is 4.86. The van der Waals surface area contributed by atoms with Gasteiger partial charge in [-0.25, -0.2) is 18.6 Å². The van der Waals surface area contributed by atoms with Gasteiger partial charge in [0, 0.05) is 17.7 Å². The quantitative estimate of drug-likeness (QED) is 0.460. The van der Waals surface area contributed by atoms with Crippen LogP contribution >= 0.6 is 11.3 Å². The topological polar surface area (TPSA) is 119 Å². The van der Waals surface area contributed by atoms with E-state index in [1.54, 1.807) is 0 Å². The smallest absolute Gasteiger partial charge is 0.308 e. The van der Waals surface area contributed by atoms with Crippen LogP contribution in [-0.2, 0) is 4.79 Å². The summed E-state index contributed by atoms with van der Waals surface area (Å²) in [5, 5.41) is 5.93. The van der Waals surface area contributed by atoms with Gasteiger partial charge in [-0.2, -0.15) is 0 Å². The summed E-state index contributed by atoms with van der Waals surface area (Å²) in [6.45, 7) is 1.41. The molecule has 0 fully saturated rings. The third-order valence-corrected chi connectivity index (χ3v) is 2.59. The van der Waals surface area contributed by atoms with Gasteiger partial charge in [0.15, 0.2) is 5.75 Å². The number of esters is 1. The Hall–Kier alpha value is -1.35. The number of carbonyl (C=O) groups is 1. The molecule has 1 aromatic heterocycles. The van der Waals surface area contributed by atoms with Gasteiger partial charge in [-0.1, -0.05) is 18.2 Å². The van der Waals surface area contributed by atoms with Crippen LogP contribution in [0, 0.1) is 10.2 Å². The number of halogens is 1. The van der Waals surface area contributed by atoms with Gasteiger partial charge in [-0.3, -0.25) is 4.79 Å². The fraction of sp³-hybridized carbons (Fsp3) is 0.0909. The molecule has 0 spiro atoms. The molecule has 0 aliphatic carbocycles. The van der Waals surface area contributed by atoms with Crippen molar-refractivity contribution in [3.05, 3.63) is 35.0 Å². The zero-order chi connectivity index (χ0) is 14.5. The lowest BCUT2D eigenvalue weighted by Gasteiger charge is -2.17. The van der Waals surface area contributed by atoms with Crippen LogP contribution in [0.5, 0.6) is 5.75 Å². The van der Waals surface area contributed by atoms with Crippen LogP contribution in [0.1, 0.15) is 6.92 Å². The second kappa shape index (κ2) is 6.71. The van der Waals surface area contributed by atoms with Gasteiger partial charge in [0.25, 0.3) is 0 Å². The highest BCUT2D eigenvalue weighted by Gasteiger charge is 2.09. The normalized spacial score (nSPS) is 10.6. The molecule has 0 N–H and O–H groups in total. The van der Waals surface area contributed by atoms with E-state index < -0.39 is 10.2 Å². The third kappa shape index (κ3) is 6.39. The summed E-state index contributed by atoms with van der Waals surface area (Å²) < 4.78 is 39.1. The van der Waals surface area contributed by atoms with Crippen molar-refractivity contribution in [3.8, 4) is 5.75 Å². The molecule has 1 heterocycles.